The van der Waals surface area contributed by atoms with Gasteiger partial charge in [0.15, 0.2) is 11.5 Å². The van der Waals surface area contributed by atoms with Gasteiger partial charge in [0.25, 0.3) is 11.8 Å². The number of likely N-dealkylation sites (tertiary alicyclic amines) is 2. The molecule has 0 N–H and O–H groups in total. The number of carbonyl (C=O) groups excluding carboxylic acids is 2. The maximum atomic E-state index is 14.1. The lowest BCUT2D eigenvalue weighted by Crippen LogP contribution is -2.48. The summed E-state index contributed by atoms with van der Waals surface area (Å²) in [6.45, 7) is 8.79. The van der Waals surface area contributed by atoms with E-state index in [4.69, 9.17) is 20.8 Å². The van der Waals surface area contributed by atoms with Gasteiger partial charge in [-0.3, -0.25) is 19.3 Å². The summed E-state index contributed by atoms with van der Waals surface area (Å²) in [5.41, 5.74) is 2.41. The van der Waals surface area contributed by atoms with Gasteiger partial charge >= 0.3 is 6.17 Å². The lowest BCUT2D eigenvalue weighted by Gasteiger charge is -2.28. The molecule has 206 valence electrons. The fourth-order valence-corrected chi connectivity index (χ4v) is 5.63. The molecule has 3 aromatic rings. The SMILES string of the molecule is [C-]#[N+][C@@H]1CCCN1C(=O)[C@@H]1C[C@@H](c2ccccc2)CN1C(=O)c1cc(OC)c(OCc2ccccc2)c(OC)c1. The van der Waals surface area contributed by atoms with E-state index in [0.29, 0.717) is 55.4 Å². The number of benzene rings is 3. The van der Waals surface area contributed by atoms with Crippen molar-refractivity contribution >= 4 is 11.8 Å². The van der Waals surface area contributed by atoms with Crippen molar-refractivity contribution in [3.05, 3.63) is 101 Å². The number of carbonyl (C=O) groups is 2. The zero-order valence-electron chi connectivity index (χ0n) is 22.8. The van der Waals surface area contributed by atoms with Crippen molar-refractivity contribution in [2.24, 2.45) is 0 Å². The molecule has 2 saturated heterocycles. The second-order valence-electron chi connectivity index (χ2n) is 10.1. The van der Waals surface area contributed by atoms with Crippen LogP contribution in [0.15, 0.2) is 72.8 Å². The predicted molar refractivity (Wildman–Crippen MR) is 150 cm³/mol. The van der Waals surface area contributed by atoms with Crippen LogP contribution in [0.4, 0.5) is 0 Å². The molecule has 5 rings (SSSR count). The van der Waals surface area contributed by atoms with Gasteiger partial charge in [-0.15, -0.1) is 0 Å². The molecule has 40 heavy (non-hydrogen) atoms. The zero-order chi connectivity index (χ0) is 28.1. The third-order valence-electron chi connectivity index (χ3n) is 7.70. The molecule has 2 amide bonds. The molecular formula is C32H33N3O5. The molecule has 3 atom stereocenters. The Balaban J connectivity index is 1.45. The van der Waals surface area contributed by atoms with Crippen molar-refractivity contribution in [2.45, 2.75) is 44.0 Å². The number of methoxy groups -OCH3 is 2. The van der Waals surface area contributed by atoms with Crippen LogP contribution in [0.1, 0.15) is 46.7 Å². The quantitative estimate of drug-likeness (QED) is 0.371. The Morgan fingerprint density at radius 1 is 0.950 bits per heavy atom. The molecule has 0 saturated carbocycles. The minimum atomic E-state index is -0.661. The number of hydrogen-bond acceptors (Lipinski definition) is 5. The molecule has 2 heterocycles. The maximum absolute atomic E-state index is 14.1. The van der Waals surface area contributed by atoms with E-state index in [1.54, 1.807) is 21.9 Å². The highest BCUT2D eigenvalue weighted by Crippen LogP contribution is 2.41. The average Bonchev–Trinajstić information content (AvgIpc) is 3.68. The summed E-state index contributed by atoms with van der Waals surface area (Å²) < 4.78 is 17.3. The molecule has 3 aromatic carbocycles. The van der Waals surface area contributed by atoms with E-state index < -0.39 is 12.2 Å². The second-order valence-corrected chi connectivity index (χ2v) is 10.1. The second kappa shape index (κ2) is 12.1. The fourth-order valence-electron chi connectivity index (χ4n) is 5.63. The highest BCUT2D eigenvalue weighted by atomic mass is 16.5. The van der Waals surface area contributed by atoms with E-state index in [2.05, 4.69) is 4.85 Å². The highest BCUT2D eigenvalue weighted by molar-refractivity contribution is 5.99. The lowest BCUT2D eigenvalue weighted by molar-refractivity contribution is -0.135. The van der Waals surface area contributed by atoms with Crippen LogP contribution >= 0.6 is 0 Å². The van der Waals surface area contributed by atoms with Gasteiger partial charge in [-0.1, -0.05) is 60.7 Å². The Kier molecular flexibility index (Phi) is 8.20. The van der Waals surface area contributed by atoms with Gasteiger partial charge in [0, 0.05) is 31.0 Å². The Bertz CT molecular complexity index is 1360. The van der Waals surface area contributed by atoms with Gasteiger partial charge in [0.2, 0.25) is 5.75 Å². The summed E-state index contributed by atoms with van der Waals surface area (Å²) >= 11 is 0. The van der Waals surface area contributed by atoms with Gasteiger partial charge in [-0.2, -0.15) is 0 Å². The lowest BCUT2D eigenvalue weighted by atomic mass is 9.96. The summed E-state index contributed by atoms with van der Waals surface area (Å²) in [5.74, 6) is 0.693. The standard InChI is InChI=1S/C32H33N3O5/c1-33-29-15-10-16-34(29)32(37)26-17-25(23-13-8-5-9-14-23)20-35(26)31(36)24-18-27(38-2)30(28(19-24)39-3)40-21-22-11-6-4-7-12-22/h4-9,11-14,18-19,25-26,29H,10,15-17,20-21H2,2-3H3/t25-,26+,29+/m1/s1. The summed E-state index contributed by atoms with van der Waals surface area (Å²) in [6, 6.07) is 22.3. The third-order valence-corrected chi connectivity index (χ3v) is 7.70. The van der Waals surface area contributed by atoms with E-state index in [9.17, 15) is 9.59 Å². The van der Waals surface area contributed by atoms with Crippen LogP contribution in [0.2, 0.25) is 0 Å². The molecule has 0 bridgehead atoms. The first kappa shape index (κ1) is 27.1. The van der Waals surface area contributed by atoms with Crippen LogP contribution in [-0.2, 0) is 11.4 Å². The van der Waals surface area contributed by atoms with Crippen molar-refractivity contribution in [1.82, 2.24) is 9.80 Å². The Morgan fingerprint density at radius 3 is 2.23 bits per heavy atom. The largest absolute Gasteiger partial charge is 0.493 e. The molecular weight excluding hydrogens is 506 g/mol. The first-order chi connectivity index (χ1) is 19.5. The van der Waals surface area contributed by atoms with Gasteiger partial charge in [0.1, 0.15) is 12.6 Å². The normalized spacial score (nSPS) is 20.2. The molecule has 2 aliphatic heterocycles. The van der Waals surface area contributed by atoms with Gasteiger partial charge in [-0.25, -0.2) is 6.57 Å². The number of amides is 2. The summed E-state index contributed by atoms with van der Waals surface area (Å²) in [5, 5.41) is 0. The molecule has 8 nitrogen and oxygen atoms in total. The van der Waals surface area contributed by atoms with Crippen molar-refractivity contribution in [3.63, 3.8) is 0 Å². The summed E-state index contributed by atoms with van der Waals surface area (Å²) in [7, 11) is 3.04. The van der Waals surface area contributed by atoms with E-state index in [1.807, 2.05) is 60.7 Å². The molecule has 8 heteroatoms. The van der Waals surface area contributed by atoms with Crippen molar-refractivity contribution in [1.29, 1.82) is 0 Å². The first-order valence-electron chi connectivity index (χ1n) is 13.5. The minimum absolute atomic E-state index is 0.00497. The topological polar surface area (TPSA) is 72.7 Å². The summed E-state index contributed by atoms with van der Waals surface area (Å²) in [6.07, 6.45) is 1.49. The third kappa shape index (κ3) is 5.46. The van der Waals surface area contributed by atoms with Crippen LogP contribution in [0.3, 0.4) is 0 Å². The molecule has 0 unspecified atom stereocenters. The van der Waals surface area contributed by atoms with E-state index in [-0.39, 0.29) is 17.7 Å². The Morgan fingerprint density at radius 2 is 1.60 bits per heavy atom. The Hall–Kier alpha value is -4.51. The van der Waals surface area contributed by atoms with E-state index in [1.165, 1.54) is 14.2 Å². The smallest absolute Gasteiger partial charge is 0.300 e. The average molecular weight is 540 g/mol. The number of nitrogens with zero attached hydrogens (tertiary/aromatic N) is 3. The molecule has 0 aliphatic carbocycles. The summed E-state index contributed by atoms with van der Waals surface area (Å²) in [4.78, 5) is 34.8. The van der Waals surface area contributed by atoms with Gasteiger partial charge in [-0.05, 0) is 36.1 Å². The molecule has 0 radical (unpaired) electrons. The number of ether oxygens (including phenoxy) is 3. The predicted octanol–water partition coefficient (Wildman–Crippen LogP) is 5.15. The van der Waals surface area contributed by atoms with Crippen LogP contribution in [0.25, 0.3) is 4.85 Å². The zero-order valence-corrected chi connectivity index (χ0v) is 22.8. The van der Waals surface area contributed by atoms with Crippen LogP contribution in [0.5, 0.6) is 17.2 Å². The van der Waals surface area contributed by atoms with Crippen LogP contribution < -0.4 is 14.2 Å². The van der Waals surface area contributed by atoms with Crippen molar-refractivity contribution < 1.29 is 23.8 Å². The van der Waals surface area contributed by atoms with Crippen molar-refractivity contribution in [2.75, 3.05) is 27.3 Å². The monoisotopic (exact) mass is 539 g/mol. The Labute approximate surface area is 234 Å². The number of hydrogen-bond donors (Lipinski definition) is 0. The van der Waals surface area contributed by atoms with Gasteiger partial charge < -0.3 is 19.1 Å². The van der Waals surface area contributed by atoms with E-state index in [0.717, 1.165) is 17.5 Å². The maximum Gasteiger partial charge on any atom is 0.300 e. The molecule has 2 fully saturated rings. The molecule has 2 aliphatic rings. The van der Waals surface area contributed by atoms with Crippen LogP contribution in [-0.4, -0.2) is 61.1 Å². The minimum Gasteiger partial charge on any atom is -0.493 e. The fraction of sp³-hybridized carbons (Fsp3) is 0.344. The molecule has 0 spiro atoms. The highest BCUT2D eigenvalue weighted by Gasteiger charge is 2.45. The number of rotatable bonds is 8. The van der Waals surface area contributed by atoms with Crippen LogP contribution in [0, 0.1) is 6.57 Å². The van der Waals surface area contributed by atoms with Crippen molar-refractivity contribution in [3.8, 4) is 17.2 Å². The molecule has 0 aromatic heterocycles. The van der Waals surface area contributed by atoms with E-state index >= 15 is 0 Å². The van der Waals surface area contributed by atoms with Gasteiger partial charge in [0.05, 0.1) is 14.2 Å². The first-order valence-corrected chi connectivity index (χ1v) is 13.5.